The molecule has 0 spiro atoms. The molecule has 0 aliphatic carbocycles. The fourth-order valence-corrected chi connectivity index (χ4v) is 1.92. The first-order valence-electron chi connectivity index (χ1n) is 5.68. The largest absolute Gasteiger partial charge is 0.471 e. The summed E-state index contributed by atoms with van der Waals surface area (Å²) in [5.41, 5.74) is 2.39. The zero-order valence-electron chi connectivity index (χ0n) is 10.3. The fraction of sp³-hybridized carbons (Fsp3) is 0.500. The molecule has 17 heavy (non-hydrogen) atoms. The lowest BCUT2D eigenvalue weighted by Crippen LogP contribution is -1.98. The Balaban J connectivity index is 2.40. The summed E-state index contributed by atoms with van der Waals surface area (Å²) < 4.78 is 20.1. The van der Waals surface area contributed by atoms with E-state index in [9.17, 15) is 4.57 Å². The molecule has 4 nitrogen and oxygen atoms in total. The van der Waals surface area contributed by atoms with Gasteiger partial charge in [0.2, 0.25) is 0 Å². The van der Waals surface area contributed by atoms with E-state index in [2.05, 4.69) is 23.6 Å². The summed E-state index contributed by atoms with van der Waals surface area (Å²) in [7, 11) is -2.68. The Hall–Kier alpha value is -0.670. The second-order valence-electron chi connectivity index (χ2n) is 3.80. The van der Waals surface area contributed by atoms with Crippen molar-refractivity contribution in [2.45, 2.75) is 26.2 Å². The summed E-state index contributed by atoms with van der Waals surface area (Å²) in [6, 6.07) is 8.19. The van der Waals surface area contributed by atoms with Crippen LogP contribution in [-0.2, 0) is 26.5 Å². The minimum absolute atomic E-state index is 0.175. The first-order chi connectivity index (χ1) is 8.07. The molecule has 1 aromatic carbocycles. The minimum atomic E-state index is -3.83. The van der Waals surface area contributed by atoms with Crippen molar-refractivity contribution in [2.75, 3.05) is 13.7 Å². The lowest BCUT2D eigenvalue weighted by atomic mass is 10.1. The van der Waals surface area contributed by atoms with E-state index in [4.69, 9.17) is 9.42 Å². The van der Waals surface area contributed by atoms with Crippen LogP contribution in [0.15, 0.2) is 24.3 Å². The van der Waals surface area contributed by atoms with Crippen LogP contribution in [0.2, 0.25) is 0 Å². The smallest absolute Gasteiger partial charge is 0.303 e. The molecule has 5 heteroatoms. The highest BCUT2D eigenvalue weighted by Gasteiger charge is 2.17. The van der Waals surface area contributed by atoms with Crippen LogP contribution < -0.4 is 0 Å². The van der Waals surface area contributed by atoms with E-state index < -0.39 is 7.82 Å². The highest BCUT2D eigenvalue weighted by atomic mass is 31.2. The monoisotopic (exact) mass is 258 g/mol. The third-order valence-corrected chi connectivity index (χ3v) is 3.41. The maximum atomic E-state index is 11.0. The van der Waals surface area contributed by atoms with Crippen molar-refractivity contribution in [2.24, 2.45) is 0 Å². The summed E-state index contributed by atoms with van der Waals surface area (Å²) in [6.45, 7) is 2.32. The van der Waals surface area contributed by atoms with Crippen molar-refractivity contribution in [3.05, 3.63) is 35.4 Å². The zero-order valence-corrected chi connectivity index (χ0v) is 11.2. The van der Waals surface area contributed by atoms with E-state index >= 15 is 0 Å². The summed E-state index contributed by atoms with van der Waals surface area (Å²) in [4.78, 5) is 9.03. The molecule has 1 unspecified atom stereocenters. The number of phosphoric acid groups is 1. The number of rotatable bonds is 7. The Kier molecular flexibility index (Phi) is 5.86. The van der Waals surface area contributed by atoms with Gasteiger partial charge < -0.3 is 4.89 Å². The van der Waals surface area contributed by atoms with Crippen LogP contribution in [0.5, 0.6) is 0 Å². The first-order valence-corrected chi connectivity index (χ1v) is 7.18. The molecule has 0 aliphatic heterocycles. The molecule has 0 fully saturated rings. The average Bonchev–Trinajstić information content (AvgIpc) is 2.32. The van der Waals surface area contributed by atoms with Gasteiger partial charge in [0.15, 0.2) is 0 Å². The third-order valence-electron chi connectivity index (χ3n) is 2.44. The SMILES string of the molecule is CCCc1ccc(CCOP(=O)(O)OC)cc1. The van der Waals surface area contributed by atoms with E-state index in [1.807, 2.05) is 12.1 Å². The molecule has 1 atom stereocenters. The standard InChI is InChI=1S/C12H19O4P/c1-3-4-11-5-7-12(8-6-11)9-10-16-17(13,14)15-2/h5-8H,3-4,9-10H2,1-2H3,(H,13,14). The van der Waals surface area contributed by atoms with E-state index in [0.717, 1.165) is 25.5 Å². The van der Waals surface area contributed by atoms with Crippen LogP contribution in [0.3, 0.4) is 0 Å². The minimum Gasteiger partial charge on any atom is -0.303 e. The summed E-state index contributed by atoms with van der Waals surface area (Å²) in [5, 5.41) is 0. The molecule has 1 aromatic rings. The quantitative estimate of drug-likeness (QED) is 0.764. The predicted molar refractivity (Wildman–Crippen MR) is 66.9 cm³/mol. The van der Waals surface area contributed by atoms with Crippen molar-refractivity contribution in [3.63, 3.8) is 0 Å². The van der Waals surface area contributed by atoms with Crippen LogP contribution in [0, 0.1) is 0 Å². The molecular weight excluding hydrogens is 239 g/mol. The van der Waals surface area contributed by atoms with Crippen LogP contribution in [0.1, 0.15) is 24.5 Å². The van der Waals surface area contributed by atoms with Gasteiger partial charge in [-0.05, 0) is 24.0 Å². The van der Waals surface area contributed by atoms with Crippen LogP contribution >= 0.6 is 7.82 Å². The summed E-state index contributed by atoms with van der Waals surface area (Å²) >= 11 is 0. The van der Waals surface area contributed by atoms with Gasteiger partial charge in [0.1, 0.15) is 0 Å². The van der Waals surface area contributed by atoms with Gasteiger partial charge >= 0.3 is 7.82 Å². The lowest BCUT2D eigenvalue weighted by Gasteiger charge is -2.09. The summed E-state index contributed by atoms with van der Waals surface area (Å²) in [6.07, 6.45) is 2.80. The zero-order chi connectivity index (χ0) is 12.7. The number of aryl methyl sites for hydroxylation is 1. The van der Waals surface area contributed by atoms with Crippen LogP contribution in [0.25, 0.3) is 0 Å². The Morgan fingerprint density at radius 2 is 1.71 bits per heavy atom. The van der Waals surface area contributed by atoms with Gasteiger partial charge in [-0.2, -0.15) is 0 Å². The van der Waals surface area contributed by atoms with E-state index in [0.29, 0.717) is 6.42 Å². The van der Waals surface area contributed by atoms with Crippen molar-refractivity contribution in [1.29, 1.82) is 0 Å². The molecule has 96 valence electrons. The average molecular weight is 258 g/mol. The van der Waals surface area contributed by atoms with Gasteiger partial charge in [-0.3, -0.25) is 9.05 Å². The Bertz CT molecular complexity index is 375. The molecule has 0 radical (unpaired) electrons. The maximum absolute atomic E-state index is 11.0. The Morgan fingerprint density at radius 3 is 2.18 bits per heavy atom. The predicted octanol–water partition coefficient (Wildman–Crippen LogP) is 2.95. The van der Waals surface area contributed by atoms with Gasteiger partial charge in [-0.25, -0.2) is 4.57 Å². The van der Waals surface area contributed by atoms with E-state index in [-0.39, 0.29) is 6.61 Å². The van der Waals surface area contributed by atoms with Crippen molar-refractivity contribution in [3.8, 4) is 0 Å². The van der Waals surface area contributed by atoms with Gasteiger partial charge in [-0.15, -0.1) is 0 Å². The van der Waals surface area contributed by atoms with Crippen molar-refractivity contribution in [1.82, 2.24) is 0 Å². The Labute approximate surface area is 102 Å². The number of phosphoric ester groups is 1. The molecule has 0 bridgehead atoms. The molecule has 0 saturated heterocycles. The molecule has 0 heterocycles. The highest BCUT2D eigenvalue weighted by molar-refractivity contribution is 7.47. The van der Waals surface area contributed by atoms with Crippen LogP contribution in [0.4, 0.5) is 0 Å². The van der Waals surface area contributed by atoms with Gasteiger partial charge in [0.05, 0.1) is 6.61 Å². The van der Waals surface area contributed by atoms with Crippen molar-refractivity contribution < 1.29 is 18.5 Å². The van der Waals surface area contributed by atoms with Gasteiger partial charge in [0, 0.05) is 7.11 Å². The van der Waals surface area contributed by atoms with Crippen molar-refractivity contribution >= 4 is 7.82 Å². The first kappa shape index (κ1) is 14.4. The molecule has 0 aromatic heterocycles. The molecule has 0 saturated carbocycles. The normalized spacial score (nSPS) is 14.5. The molecule has 1 rings (SSSR count). The topological polar surface area (TPSA) is 55.8 Å². The molecule has 0 aliphatic rings. The molecule has 0 amide bonds. The number of hydrogen-bond donors (Lipinski definition) is 1. The number of hydrogen-bond acceptors (Lipinski definition) is 3. The fourth-order valence-electron chi connectivity index (χ4n) is 1.49. The second kappa shape index (κ2) is 6.92. The molecular formula is C12H19O4P. The van der Waals surface area contributed by atoms with E-state index in [1.54, 1.807) is 0 Å². The van der Waals surface area contributed by atoms with Gasteiger partial charge in [0.25, 0.3) is 0 Å². The third kappa shape index (κ3) is 5.46. The maximum Gasteiger partial charge on any atom is 0.471 e. The highest BCUT2D eigenvalue weighted by Crippen LogP contribution is 2.41. The molecule has 1 N–H and O–H groups in total. The van der Waals surface area contributed by atoms with E-state index in [1.165, 1.54) is 5.56 Å². The summed E-state index contributed by atoms with van der Waals surface area (Å²) in [5.74, 6) is 0. The lowest BCUT2D eigenvalue weighted by molar-refractivity contribution is 0.175. The van der Waals surface area contributed by atoms with Gasteiger partial charge in [-0.1, -0.05) is 37.6 Å². The van der Waals surface area contributed by atoms with Crippen LogP contribution in [-0.4, -0.2) is 18.6 Å². The number of benzene rings is 1. The Morgan fingerprint density at radius 1 is 1.18 bits per heavy atom. The second-order valence-corrected chi connectivity index (χ2v) is 5.36.